The Kier molecular flexibility index (Phi) is 11.6. The van der Waals surface area contributed by atoms with Crippen LogP contribution in [0.2, 0.25) is 23.2 Å². The molecule has 1 amide bonds. The quantitative estimate of drug-likeness (QED) is 0.149. The number of imidazole rings is 1. The van der Waals surface area contributed by atoms with Crippen LogP contribution in [-0.4, -0.2) is 72.2 Å². The highest BCUT2D eigenvalue weighted by atomic mass is 79.9. The number of hydrogen-bond donors (Lipinski definition) is 2. The molecule has 1 aromatic heterocycles. The van der Waals surface area contributed by atoms with Gasteiger partial charge in [-0.25, -0.2) is 9.78 Å². The van der Waals surface area contributed by atoms with E-state index in [9.17, 15) is 15.0 Å². The zero-order chi connectivity index (χ0) is 36.5. The fourth-order valence-corrected chi connectivity index (χ4v) is 13.4. The van der Waals surface area contributed by atoms with Crippen LogP contribution in [0.15, 0.2) is 83.3 Å². The van der Waals surface area contributed by atoms with E-state index in [-0.39, 0.29) is 35.8 Å². The van der Waals surface area contributed by atoms with Gasteiger partial charge in [0.1, 0.15) is 5.82 Å². The summed E-state index contributed by atoms with van der Waals surface area (Å²) in [5.74, 6) is 0.720. The molecule has 2 N–H and O–H groups in total. The van der Waals surface area contributed by atoms with Crippen molar-refractivity contribution in [2.24, 2.45) is 0 Å². The number of benzene rings is 3. The average molecular weight is 781 g/mol. The Bertz CT molecular complexity index is 1720. The maximum atomic E-state index is 12.5. The fourth-order valence-electron chi connectivity index (χ4n) is 7.20. The fraction of sp³-hybridized carbons (Fsp3) is 0.487. The molecule has 8 nitrogen and oxygen atoms in total. The van der Waals surface area contributed by atoms with Crippen LogP contribution in [0.4, 0.5) is 4.79 Å². The Morgan fingerprint density at radius 3 is 2.10 bits per heavy atom. The molecule has 0 saturated carbocycles. The lowest BCUT2D eigenvalue weighted by molar-refractivity contribution is -0.00345. The number of likely N-dealkylation sites (tertiary alicyclic amines) is 1. The summed E-state index contributed by atoms with van der Waals surface area (Å²) in [6.45, 7) is 18.7. The lowest BCUT2D eigenvalue weighted by Gasteiger charge is -2.46. The molecule has 270 valence electrons. The number of aromatic nitrogens is 2. The Morgan fingerprint density at radius 1 is 0.960 bits per heavy atom. The van der Waals surface area contributed by atoms with E-state index in [2.05, 4.69) is 124 Å². The second kappa shape index (κ2) is 15.0. The molecule has 0 bridgehead atoms. The number of hydrogen-bond acceptors (Lipinski definition) is 5. The molecule has 0 aliphatic carbocycles. The SMILES string of the molecule is CC(C)(C)[Si](C)(C)O[C@H]1CCCN(C(=O)O)[C@@H]1CC(O)Cn1c(CO[Si](c2ccccc2)(c2ccccc2)C(C)(C)C)nc2cc(Br)ccc21. The molecule has 1 aliphatic rings. The van der Waals surface area contributed by atoms with E-state index in [0.717, 1.165) is 34.2 Å². The van der Waals surface area contributed by atoms with Gasteiger partial charge in [0, 0.05) is 11.0 Å². The summed E-state index contributed by atoms with van der Waals surface area (Å²) in [4.78, 5) is 19.1. The summed E-state index contributed by atoms with van der Waals surface area (Å²) in [6.07, 6.45) is -0.322. The lowest BCUT2D eigenvalue weighted by atomic mass is 9.94. The maximum absolute atomic E-state index is 12.5. The molecule has 0 spiro atoms. The van der Waals surface area contributed by atoms with Crippen LogP contribution >= 0.6 is 15.9 Å². The molecular formula is C39H54BrN3O5Si2. The highest BCUT2D eigenvalue weighted by molar-refractivity contribution is 9.10. The van der Waals surface area contributed by atoms with Crippen LogP contribution in [0, 0.1) is 0 Å². The smallest absolute Gasteiger partial charge is 0.407 e. The third kappa shape index (κ3) is 7.98. The van der Waals surface area contributed by atoms with E-state index in [1.54, 1.807) is 0 Å². The number of aliphatic hydroxyl groups excluding tert-OH is 1. The maximum Gasteiger partial charge on any atom is 0.407 e. The summed E-state index contributed by atoms with van der Waals surface area (Å²) in [5.41, 5.74) is 1.69. The minimum absolute atomic E-state index is 0.0222. The van der Waals surface area contributed by atoms with Gasteiger partial charge in [0.25, 0.3) is 8.32 Å². The molecule has 3 atom stereocenters. The molecule has 3 aromatic carbocycles. The van der Waals surface area contributed by atoms with Gasteiger partial charge in [-0.05, 0) is 71.0 Å². The van der Waals surface area contributed by atoms with E-state index in [1.165, 1.54) is 15.3 Å². The van der Waals surface area contributed by atoms with E-state index in [1.807, 2.05) is 30.3 Å². The molecule has 4 aromatic rings. The van der Waals surface area contributed by atoms with Crippen molar-refractivity contribution in [1.82, 2.24) is 14.5 Å². The number of fused-ring (bicyclic) bond motifs is 1. The first-order valence-electron chi connectivity index (χ1n) is 17.7. The van der Waals surface area contributed by atoms with Gasteiger partial charge in [0.2, 0.25) is 0 Å². The Balaban J connectivity index is 1.50. The number of piperidine rings is 1. The Hall–Kier alpha value is -2.81. The number of nitrogens with zero attached hydrogens (tertiary/aromatic N) is 3. The minimum atomic E-state index is -2.87. The predicted molar refractivity (Wildman–Crippen MR) is 210 cm³/mol. The van der Waals surface area contributed by atoms with E-state index in [0.29, 0.717) is 6.54 Å². The van der Waals surface area contributed by atoms with Crippen LogP contribution in [0.25, 0.3) is 11.0 Å². The summed E-state index contributed by atoms with van der Waals surface area (Å²) < 4.78 is 17.1. The summed E-state index contributed by atoms with van der Waals surface area (Å²) in [5, 5.41) is 24.2. The molecule has 1 aliphatic heterocycles. The monoisotopic (exact) mass is 779 g/mol. The molecule has 1 unspecified atom stereocenters. The third-order valence-corrected chi connectivity index (χ3v) is 20.7. The van der Waals surface area contributed by atoms with Crippen molar-refractivity contribution in [1.29, 1.82) is 0 Å². The van der Waals surface area contributed by atoms with Crippen molar-refractivity contribution in [3.8, 4) is 0 Å². The predicted octanol–water partition coefficient (Wildman–Crippen LogP) is 8.16. The minimum Gasteiger partial charge on any atom is -0.465 e. The first kappa shape index (κ1) is 38.4. The number of carbonyl (C=O) groups is 1. The number of aliphatic hydroxyl groups is 1. The van der Waals surface area contributed by atoms with Gasteiger partial charge < -0.3 is 28.5 Å². The van der Waals surface area contributed by atoms with E-state index >= 15 is 0 Å². The molecule has 2 heterocycles. The van der Waals surface area contributed by atoms with Crippen molar-refractivity contribution < 1.29 is 23.9 Å². The Labute approximate surface area is 308 Å². The first-order chi connectivity index (χ1) is 23.4. The van der Waals surface area contributed by atoms with Gasteiger partial charge in [-0.15, -0.1) is 0 Å². The lowest BCUT2D eigenvalue weighted by Crippen LogP contribution is -2.66. The standard InChI is InChI=1S/C39H54BrN3O5Si2/c1-38(2,3)49(7,8)48-35-20-15-23-42(37(45)46)34(35)25-29(44)26-43-33-22-21-28(40)24-32(33)41-36(43)27-47-50(39(4,5)6,30-16-11-9-12-17-30)31-18-13-10-14-19-31/h9-14,16-19,21-22,24,29,34-35,44H,15,20,23,25-27H2,1-8H3,(H,45,46)/t29?,34-,35+/m1/s1. The van der Waals surface area contributed by atoms with Gasteiger partial charge in [-0.3, -0.25) is 0 Å². The highest BCUT2D eigenvalue weighted by Crippen LogP contribution is 2.40. The van der Waals surface area contributed by atoms with Gasteiger partial charge in [0.05, 0.1) is 42.4 Å². The highest BCUT2D eigenvalue weighted by Gasteiger charge is 2.50. The second-order valence-electron chi connectivity index (χ2n) is 16.2. The van der Waals surface area contributed by atoms with Crippen LogP contribution in [0.1, 0.15) is 66.6 Å². The summed E-state index contributed by atoms with van der Waals surface area (Å²) in [7, 11) is -5.07. The molecule has 0 radical (unpaired) electrons. The third-order valence-electron chi connectivity index (χ3n) is 10.7. The number of amides is 1. The largest absolute Gasteiger partial charge is 0.465 e. The van der Waals surface area contributed by atoms with Crippen molar-refractivity contribution in [3.05, 3.63) is 89.2 Å². The number of carboxylic acid groups (broad SMARTS) is 1. The summed E-state index contributed by atoms with van der Waals surface area (Å²) >= 11 is 3.61. The van der Waals surface area contributed by atoms with Gasteiger partial charge >= 0.3 is 6.09 Å². The first-order valence-corrected chi connectivity index (χ1v) is 23.3. The van der Waals surface area contributed by atoms with Crippen LogP contribution in [0.5, 0.6) is 0 Å². The summed E-state index contributed by atoms with van der Waals surface area (Å²) in [6, 6.07) is 26.6. The molecule has 50 heavy (non-hydrogen) atoms. The number of halogens is 1. The van der Waals surface area contributed by atoms with Gasteiger partial charge in [-0.1, -0.05) is 118 Å². The van der Waals surface area contributed by atoms with Crippen molar-refractivity contribution in [2.45, 2.75) is 115 Å². The zero-order valence-corrected chi connectivity index (χ0v) is 34.4. The molecule has 11 heteroatoms. The van der Waals surface area contributed by atoms with E-state index in [4.69, 9.17) is 13.8 Å². The second-order valence-corrected chi connectivity index (χ2v) is 26.2. The normalized spacial score (nSPS) is 18.4. The van der Waals surface area contributed by atoms with Crippen molar-refractivity contribution in [2.75, 3.05) is 6.54 Å². The van der Waals surface area contributed by atoms with Crippen molar-refractivity contribution >= 4 is 60.1 Å². The van der Waals surface area contributed by atoms with Crippen LogP contribution < -0.4 is 10.4 Å². The van der Waals surface area contributed by atoms with Crippen LogP contribution in [-0.2, 0) is 22.0 Å². The zero-order valence-electron chi connectivity index (χ0n) is 30.8. The number of rotatable bonds is 11. The van der Waals surface area contributed by atoms with Gasteiger partial charge in [-0.2, -0.15) is 0 Å². The molecule has 1 fully saturated rings. The van der Waals surface area contributed by atoms with E-state index < -0.39 is 34.9 Å². The molecule has 5 rings (SSSR count). The average Bonchev–Trinajstić information content (AvgIpc) is 3.37. The Morgan fingerprint density at radius 2 is 1.56 bits per heavy atom. The molecular weight excluding hydrogens is 727 g/mol. The van der Waals surface area contributed by atoms with Crippen LogP contribution in [0.3, 0.4) is 0 Å². The molecule has 1 saturated heterocycles. The van der Waals surface area contributed by atoms with Crippen molar-refractivity contribution in [3.63, 3.8) is 0 Å². The van der Waals surface area contributed by atoms with Gasteiger partial charge in [0.15, 0.2) is 8.32 Å². The topological polar surface area (TPSA) is 97.1 Å².